The van der Waals surface area contributed by atoms with Crippen LogP contribution in [0.3, 0.4) is 0 Å². The smallest absolute Gasteiger partial charge is 0.253 e. The van der Waals surface area contributed by atoms with Gasteiger partial charge in [-0.15, -0.1) is 0 Å². The van der Waals surface area contributed by atoms with Crippen molar-refractivity contribution in [3.63, 3.8) is 0 Å². The lowest BCUT2D eigenvalue weighted by atomic mass is 9.95. The maximum absolute atomic E-state index is 13.5. The van der Waals surface area contributed by atoms with Crippen LogP contribution in [-0.2, 0) is 9.59 Å². The molecule has 0 N–H and O–H groups in total. The molecule has 0 bridgehead atoms. The number of fused-ring (bicyclic) bond motifs is 3. The fourth-order valence-electron chi connectivity index (χ4n) is 5.65. The second-order valence-electron chi connectivity index (χ2n) is 9.90. The van der Waals surface area contributed by atoms with Crippen molar-refractivity contribution in [3.05, 3.63) is 23.8 Å². The predicted molar refractivity (Wildman–Crippen MR) is 124 cm³/mol. The van der Waals surface area contributed by atoms with Crippen LogP contribution in [0.25, 0.3) is 0 Å². The standard InChI is InChI=1S/C25H34N4O3/c1-18-9-14-26(15-10-18)23(30)17-29-22-16-19(24(31)27-11-4-5-12-27)7-8-20(22)28-13-3-2-6-21(28)25(29)32/h7-8,16,18,21H,2-6,9-15,17H2,1H3/t21-/m0/s1. The van der Waals surface area contributed by atoms with Gasteiger partial charge in [0.25, 0.3) is 5.91 Å². The second kappa shape index (κ2) is 8.75. The van der Waals surface area contributed by atoms with Crippen molar-refractivity contribution in [2.24, 2.45) is 5.92 Å². The summed E-state index contributed by atoms with van der Waals surface area (Å²) in [6.45, 7) is 6.23. The number of nitrogens with zero attached hydrogens (tertiary/aromatic N) is 4. The van der Waals surface area contributed by atoms with E-state index in [1.54, 1.807) is 4.90 Å². The lowest BCUT2D eigenvalue weighted by molar-refractivity contribution is -0.133. The zero-order valence-corrected chi connectivity index (χ0v) is 19.1. The molecule has 1 aromatic carbocycles. The summed E-state index contributed by atoms with van der Waals surface area (Å²) in [5, 5.41) is 0. The summed E-state index contributed by atoms with van der Waals surface area (Å²) >= 11 is 0. The molecule has 3 saturated heterocycles. The van der Waals surface area contributed by atoms with Crippen LogP contribution < -0.4 is 9.80 Å². The zero-order chi connectivity index (χ0) is 22.2. The Bertz CT molecular complexity index is 902. The normalized spacial score (nSPS) is 23.9. The predicted octanol–water partition coefficient (Wildman–Crippen LogP) is 2.89. The Kier molecular flexibility index (Phi) is 5.82. The molecule has 7 heteroatoms. The molecule has 0 unspecified atom stereocenters. The minimum atomic E-state index is -0.203. The van der Waals surface area contributed by atoms with Crippen LogP contribution in [0, 0.1) is 5.92 Å². The average Bonchev–Trinajstić information content (AvgIpc) is 3.36. The van der Waals surface area contributed by atoms with Crippen molar-refractivity contribution in [2.45, 2.75) is 57.9 Å². The maximum Gasteiger partial charge on any atom is 0.253 e. The first-order valence-electron chi connectivity index (χ1n) is 12.3. The van der Waals surface area contributed by atoms with Gasteiger partial charge in [-0.2, -0.15) is 0 Å². The number of amides is 3. The van der Waals surface area contributed by atoms with Crippen LogP contribution in [0.2, 0.25) is 0 Å². The van der Waals surface area contributed by atoms with Crippen LogP contribution >= 0.6 is 0 Å². The summed E-state index contributed by atoms with van der Waals surface area (Å²) in [5.41, 5.74) is 2.31. The quantitative estimate of drug-likeness (QED) is 0.728. The summed E-state index contributed by atoms with van der Waals surface area (Å²) in [7, 11) is 0. The molecule has 4 aliphatic rings. The average molecular weight is 439 g/mol. The van der Waals surface area contributed by atoms with Crippen LogP contribution in [-0.4, -0.2) is 72.8 Å². The SMILES string of the molecule is CC1CCN(C(=O)CN2C(=O)[C@@H]3CCCCN3c3ccc(C(=O)N4CCCC4)cc32)CC1. The summed E-state index contributed by atoms with van der Waals surface area (Å²) < 4.78 is 0. The van der Waals surface area contributed by atoms with Gasteiger partial charge in [0.05, 0.1) is 11.4 Å². The van der Waals surface area contributed by atoms with Gasteiger partial charge >= 0.3 is 0 Å². The van der Waals surface area contributed by atoms with E-state index < -0.39 is 0 Å². The molecule has 0 aromatic heterocycles. The molecule has 4 heterocycles. The van der Waals surface area contributed by atoms with Crippen LogP contribution in [0.15, 0.2) is 18.2 Å². The summed E-state index contributed by atoms with van der Waals surface area (Å²) in [5.74, 6) is 0.680. The Morgan fingerprint density at radius 1 is 0.875 bits per heavy atom. The van der Waals surface area contributed by atoms with Gasteiger partial charge in [-0.05, 0) is 69.1 Å². The number of hydrogen-bond donors (Lipinski definition) is 0. The molecular formula is C25H34N4O3. The van der Waals surface area contributed by atoms with E-state index in [1.807, 2.05) is 28.0 Å². The number of carbonyl (C=O) groups is 3. The molecule has 172 valence electrons. The number of likely N-dealkylation sites (tertiary alicyclic amines) is 2. The zero-order valence-electron chi connectivity index (χ0n) is 19.1. The molecule has 1 atom stereocenters. The first-order valence-corrected chi connectivity index (χ1v) is 12.3. The van der Waals surface area contributed by atoms with Gasteiger partial charge in [-0.3, -0.25) is 19.3 Å². The largest absolute Gasteiger partial charge is 0.358 e. The number of rotatable bonds is 3. The molecule has 0 spiro atoms. The van der Waals surface area contributed by atoms with Crippen LogP contribution in [0.4, 0.5) is 11.4 Å². The van der Waals surface area contributed by atoms with Gasteiger partial charge in [0.2, 0.25) is 11.8 Å². The molecule has 0 saturated carbocycles. The van der Waals surface area contributed by atoms with Gasteiger partial charge in [-0.1, -0.05) is 6.92 Å². The van der Waals surface area contributed by atoms with Crippen molar-refractivity contribution in [3.8, 4) is 0 Å². The molecule has 4 aliphatic heterocycles. The highest BCUT2D eigenvalue weighted by atomic mass is 16.2. The van der Waals surface area contributed by atoms with Crippen molar-refractivity contribution in [1.29, 1.82) is 0 Å². The lowest BCUT2D eigenvalue weighted by Crippen LogP contribution is -2.57. The fraction of sp³-hybridized carbons (Fsp3) is 0.640. The van der Waals surface area contributed by atoms with E-state index in [-0.39, 0.29) is 30.3 Å². The van der Waals surface area contributed by atoms with Gasteiger partial charge in [-0.25, -0.2) is 0 Å². The van der Waals surface area contributed by atoms with Crippen LogP contribution in [0.5, 0.6) is 0 Å². The number of piperidine rings is 2. The topological polar surface area (TPSA) is 64.2 Å². The van der Waals surface area contributed by atoms with Crippen molar-refractivity contribution in [1.82, 2.24) is 9.80 Å². The highest BCUT2D eigenvalue weighted by Gasteiger charge is 2.41. The second-order valence-corrected chi connectivity index (χ2v) is 9.90. The molecule has 3 amide bonds. The highest BCUT2D eigenvalue weighted by Crippen LogP contribution is 2.40. The van der Waals surface area contributed by atoms with Crippen molar-refractivity contribution in [2.75, 3.05) is 49.1 Å². The molecule has 32 heavy (non-hydrogen) atoms. The lowest BCUT2D eigenvalue weighted by Gasteiger charge is -2.45. The van der Waals surface area contributed by atoms with E-state index in [2.05, 4.69) is 11.8 Å². The van der Waals surface area contributed by atoms with Gasteiger partial charge in [0.1, 0.15) is 12.6 Å². The molecule has 0 radical (unpaired) electrons. The first kappa shape index (κ1) is 21.3. The van der Waals surface area contributed by atoms with Gasteiger partial charge in [0.15, 0.2) is 0 Å². The molecule has 5 rings (SSSR count). The third-order valence-corrected chi connectivity index (χ3v) is 7.70. The van der Waals surface area contributed by atoms with E-state index in [9.17, 15) is 14.4 Å². The molecule has 7 nitrogen and oxygen atoms in total. The van der Waals surface area contributed by atoms with E-state index >= 15 is 0 Å². The Balaban J connectivity index is 1.45. The van der Waals surface area contributed by atoms with Gasteiger partial charge < -0.3 is 14.7 Å². The number of hydrogen-bond acceptors (Lipinski definition) is 4. The van der Waals surface area contributed by atoms with Crippen molar-refractivity contribution < 1.29 is 14.4 Å². The highest BCUT2D eigenvalue weighted by molar-refractivity contribution is 6.09. The first-order chi connectivity index (χ1) is 15.5. The third kappa shape index (κ3) is 3.86. The Labute approximate surface area is 190 Å². The molecular weight excluding hydrogens is 404 g/mol. The maximum atomic E-state index is 13.5. The third-order valence-electron chi connectivity index (χ3n) is 7.70. The van der Waals surface area contributed by atoms with E-state index in [4.69, 9.17) is 0 Å². The van der Waals surface area contributed by atoms with Gasteiger partial charge in [0, 0.05) is 38.3 Å². The summed E-state index contributed by atoms with van der Waals surface area (Å²) in [6, 6.07) is 5.53. The van der Waals surface area contributed by atoms with E-state index in [1.165, 1.54) is 0 Å². The number of benzene rings is 1. The minimum absolute atomic E-state index is 0.00157. The van der Waals surface area contributed by atoms with Crippen LogP contribution in [0.1, 0.15) is 62.2 Å². The Morgan fingerprint density at radius 2 is 1.59 bits per heavy atom. The number of anilines is 2. The van der Waals surface area contributed by atoms with Crippen molar-refractivity contribution >= 4 is 29.1 Å². The fourth-order valence-corrected chi connectivity index (χ4v) is 5.65. The number of carbonyl (C=O) groups excluding carboxylic acids is 3. The monoisotopic (exact) mass is 438 g/mol. The minimum Gasteiger partial charge on any atom is -0.358 e. The Hall–Kier alpha value is -2.57. The summed E-state index contributed by atoms with van der Waals surface area (Å²) in [4.78, 5) is 47.4. The molecule has 1 aromatic rings. The van der Waals surface area contributed by atoms with E-state index in [0.29, 0.717) is 11.5 Å². The molecule has 0 aliphatic carbocycles. The summed E-state index contributed by atoms with van der Waals surface area (Å²) in [6.07, 6.45) is 7.02. The van der Waals surface area contributed by atoms with E-state index in [0.717, 1.165) is 89.0 Å². The molecule has 3 fully saturated rings. The Morgan fingerprint density at radius 3 is 2.34 bits per heavy atom.